The lowest BCUT2D eigenvalue weighted by molar-refractivity contribution is -0.383. The number of nitro groups is 1. The fraction of sp³-hybridized carbons (Fsp3) is 0.600. The van der Waals surface area contributed by atoms with Gasteiger partial charge in [-0.3, -0.25) is 10.1 Å². The monoisotopic (exact) mass is 575 g/mol. The molecule has 0 aromatic heterocycles. The molecule has 0 aliphatic heterocycles. The molecule has 0 amide bonds. The number of benzene rings is 4. The molecule has 4 aromatic rings. The first-order valence-corrected chi connectivity index (χ1v) is 18.2. The molecule has 226 valence electrons. The second kappa shape index (κ2) is 11.7. The normalized spacial score (nSPS) is 22.2. The largest absolute Gasteiger partial charge is 0.277 e. The fourth-order valence-corrected chi connectivity index (χ4v) is 10.3. The molecule has 0 heterocycles. The van der Waals surface area contributed by atoms with Gasteiger partial charge in [0.05, 0.1) is 10.3 Å². The second-order valence-electron chi connectivity index (χ2n) is 14.9. The zero-order chi connectivity index (χ0) is 28.9. The molecule has 4 aromatic carbocycles. The SMILES string of the molecule is O=[N+]([O-])c1cc(C2CCCCC2)c2ccc3c(C4CCCCC4)cc(C4CCCCC4)c4cc(C5CCCCC5)c1c2c34. The van der Waals surface area contributed by atoms with E-state index in [2.05, 4.69) is 24.3 Å². The van der Waals surface area contributed by atoms with E-state index in [1.54, 1.807) is 11.1 Å². The van der Waals surface area contributed by atoms with Crippen LogP contribution in [0.2, 0.25) is 0 Å². The van der Waals surface area contributed by atoms with Crippen molar-refractivity contribution in [2.75, 3.05) is 0 Å². The van der Waals surface area contributed by atoms with E-state index in [0.717, 1.165) is 18.2 Å². The van der Waals surface area contributed by atoms with Crippen molar-refractivity contribution >= 4 is 38.0 Å². The Morgan fingerprint density at radius 1 is 0.442 bits per heavy atom. The van der Waals surface area contributed by atoms with Gasteiger partial charge in [0.2, 0.25) is 0 Å². The van der Waals surface area contributed by atoms with Crippen LogP contribution in [0.15, 0.2) is 30.3 Å². The Labute approximate surface area is 257 Å². The van der Waals surface area contributed by atoms with Crippen LogP contribution in [0.1, 0.15) is 174 Å². The third-order valence-electron chi connectivity index (χ3n) is 12.5. The molecule has 4 saturated carbocycles. The van der Waals surface area contributed by atoms with Gasteiger partial charge in [0.15, 0.2) is 0 Å². The van der Waals surface area contributed by atoms with Crippen molar-refractivity contribution in [2.45, 2.75) is 152 Å². The van der Waals surface area contributed by atoms with Gasteiger partial charge in [-0.1, -0.05) is 95.2 Å². The molecule has 0 saturated heterocycles. The Kier molecular flexibility index (Phi) is 7.56. The van der Waals surface area contributed by atoms with E-state index < -0.39 is 0 Å². The molecule has 0 unspecified atom stereocenters. The number of nitrogens with zero attached hydrogens (tertiary/aromatic N) is 1. The standard InChI is InChI=1S/C40H49NO2/c42-41(43)37-25-34(28-17-9-3-10-18-28)31-22-21-30-32(26-13-5-1-6-14-26)23-33(27-15-7-2-8-16-27)36-24-35(29-19-11-4-12-20-29)39(37)40(31)38(30)36/h21-29H,1-20H2. The molecule has 3 nitrogen and oxygen atoms in total. The average Bonchev–Trinajstić information content (AvgIpc) is 3.08. The third-order valence-corrected chi connectivity index (χ3v) is 12.5. The van der Waals surface area contributed by atoms with Crippen molar-refractivity contribution < 1.29 is 4.92 Å². The minimum absolute atomic E-state index is 0.0192. The van der Waals surface area contributed by atoms with Crippen LogP contribution in [-0.4, -0.2) is 4.92 Å². The Hall–Kier alpha value is -2.68. The number of hydrogen-bond donors (Lipinski definition) is 0. The van der Waals surface area contributed by atoms with Crippen molar-refractivity contribution in [1.29, 1.82) is 0 Å². The van der Waals surface area contributed by atoms with E-state index in [1.807, 2.05) is 6.07 Å². The van der Waals surface area contributed by atoms with Crippen LogP contribution >= 0.6 is 0 Å². The highest BCUT2D eigenvalue weighted by atomic mass is 16.6. The van der Waals surface area contributed by atoms with Crippen LogP contribution < -0.4 is 0 Å². The number of rotatable bonds is 5. The lowest BCUT2D eigenvalue weighted by Gasteiger charge is -2.32. The molecule has 0 spiro atoms. The van der Waals surface area contributed by atoms with E-state index in [4.69, 9.17) is 0 Å². The molecule has 4 fully saturated rings. The lowest BCUT2D eigenvalue weighted by atomic mass is 9.72. The van der Waals surface area contributed by atoms with Gasteiger partial charge < -0.3 is 0 Å². The van der Waals surface area contributed by atoms with Crippen LogP contribution in [0.4, 0.5) is 5.69 Å². The fourth-order valence-electron chi connectivity index (χ4n) is 10.3. The molecule has 0 N–H and O–H groups in total. The van der Waals surface area contributed by atoms with Crippen molar-refractivity contribution in [2.24, 2.45) is 0 Å². The van der Waals surface area contributed by atoms with Crippen LogP contribution in [0.3, 0.4) is 0 Å². The van der Waals surface area contributed by atoms with Crippen LogP contribution in [0, 0.1) is 10.1 Å². The first-order chi connectivity index (χ1) is 21.2. The summed E-state index contributed by atoms with van der Waals surface area (Å²) in [7, 11) is 0. The van der Waals surface area contributed by atoms with E-state index >= 15 is 0 Å². The zero-order valence-corrected chi connectivity index (χ0v) is 26.1. The molecular formula is C40H49NO2. The third kappa shape index (κ3) is 4.84. The molecule has 4 aliphatic rings. The van der Waals surface area contributed by atoms with Gasteiger partial charge >= 0.3 is 0 Å². The highest BCUT2D eigenvalue weighted by Gasteiger charge is 2.32. The highest BCUT2D eigenvalue weighted by Crippen LogP contribution is 2.53. The summed E-state index contributed by atoms with van der Waals surface area (Å²) in [6.45, 7) is 0. The Morgan fingerprint density at radius 3 is 1.30 bits per heavy atom. The van der Waals surface area contributed by atoms with Crippen molar-refractivity contribution in [3.05, 3.63) is 62.7 Å². The van der Waals surface area contributed by atoms with E-state index in [1.165, 1.54) is 154 Å². The summed E-state index contributed by atoms with van der Waals surface area (Å²) in [5, 5.41) is 20.9. The minimum atomic E-state index is -0.0192. The first-order valence-electron chi connectivity index (χ1n) is 18.2. The number of non-ortho nitro benzene ring substituents is 1. The van der Waals surface area contributed by atoms with E-state index in [0.29, 0.717) is 29.4 Å². The summed E-state index contributed by atoms with van der Waals surface area (Å²) < 4.78 is 0. The summed E-state index contributed by atoms with van der Waals surface area (Å²) in [5.74, 6) is 2.10. The first kappa shape index (κ1) is 27.8. The topological polar surface area (TPSA) is 43.1 Å². The van der Waals surface area contributed by atoms with Gasteiger partial charge in [0.25, 0.3) is 5.69 Å². The van der Waals surface area contributed by atoms with E-state index in [9.17, 15) is 10.1 Å². The predicted octanol–water partition coefficient (Wildman–Crippen LogP) is 12.7. The molecule has 0 radical (unpaired) electrons. The summed E-state index contributed by atoms with van der Waals surface area (Å²) >= 11 is 0. The van der Waals surface area contributed by atoms with Gasteiger partial charge in [0.1, 0.15) is 0 Å². The summed E-state index contributed by atoms with van der Waals surface area (Å²) in [6, 6.07) is 12.1. The predicted molar refractivity (Wildman–Crippen MR) is 180 cm³/mol. The lowest BCUT2D eigenvalue weighted by Crippen LogP contribution is -2.12. The summed E-state index contributed by atoms with van der Waals surface area (Å²) in [5.41, 5.74) is 6.11. The van der Waals surface area contributed by atoms with Gasteiger partial charge in [-0.05, 0) is 125 Å². The van der Waals surface area contributed by atoms with Gasteiger partial charge in [0, 0.05) is 11.5 Å². The number of hydrogen-bond acceptors (Lipinski definition) is 2. The smallest absolute Gasteiger partial charge is 0.258 e. The van der Waals surface area contributed by atoms with Crippen LogP contribution in [0.25, 0.3) is 32.3 Å². The maximum atomic E-state index is 13.1. The van der Waals surface area contributed by atoms with Gasteiger partial charge in [-0.25, -0.2) is 0 Å². The van der Waals surface area contributed by atoms with Crippen LogP contribution in [-0.2, 0) is 0 Å². The van der Waals surface area contributed by atoms with Crippen molar-refractivity contribution in [3.63, 3.8) is 0 Å². The average molecular weight is 576 g/mol. The van der Waals surface area contributed by atoms with Crippen molar-refractivity contribution in [1.82, 2.24) is 0 Å². The van der Waals surface area contributed by atoms with Gasteiger partial charge in [-0.15, -0.1) is 0 Å². The Bertz CT molecular complexity index is 1630. The highest BCUT2D eigenvalue weighted by molar-refractivity contribution is 6.27. The summed E-state index contributed by atoms with van der Waals surface area (Å²) in [6.07, 6.45) is 25.4. The van der Waals surface area contributed by atoms with Gasteiger partial charge in [-0.2, -0.15) is 0 Å². The summed E-state index contributed by atoms with van der Waals surface area (Å²) in [4.78, 5) is 13.0. The zero-order valence-electron chi connectivity index (χ0n) is 26.1. The molecule has 0 bridgehead atoms. The number of nitro benzene ring substituents is 1. The molecular weight excluding hydrogens is 526 g/mol. The molecule has 8 rings (SSSR count). The van der Waals surface area contributed by atoms with E-state index in [-0.39, 0.29) is 4.92 Å². The maximum absolute atomic E-state index is 13.1. The second-order valence-corrected chi connectivity index (χ2v) is 14.9. The molecule has 43 heavy (non-hydrogen) atoms. The minimum Gasteiger partial charge on any atom is -0.258 e. The quantitative estimate of drug-likeness (QED) is 0.135. The Balaban J connectivity index is 1.50. The molecule has 4 aliphatic carbocycles. The van der Waals surface area contributed by atoms with Crippen LogP contribution in [0.5, 0.6) is 0 Å². The Morgan fingerprint density at radius 2 is 0.837 bits per heavy atom. The van der Waals surface area contributed by atoms with Crippen molar-refractivity contribution in [3.8, 4) is 0 Å². The molecule has 3 heteroatoms. The maximum Gasteiger partial charge on any atom is 0.277 e. The molecule has 0 atom stereocenters.